The largest absolute Gasteiger partial charge is 0.501 e. The smallest absolute Gasteiger partial charge is 0.253 e. The van der Waals surface area contributed by atoms with Crippen LogP contribution in [0, 0.1) is 10.1 Å². The number of nitro groups is 1. The normalized spacial score (nSPS) is 13.4. The van der Waals surface area contributed by atoms with Crippen molar-refractivity contribution in [3.05, 3.63) is 188 Å². The summed E-state index contributed by atoms with van der Waals surface area (Å²) in [6.07, 6.45) is -53.1. The van der Waals surface area contributed by atoms with Crippen LogP contribution in [-0.2, 0) is 56.0 Å². The van der Waals surface area contributed by atoms with Gasteiger partial charge >= 0.3 is 55.2 Å². The number of hydrogen-bond acceptors (Lipinski definition) is 2. The second-order valence-electron chi connectivity index (χ2n) is 15.7. The summed E-state index contributed by atoms with van der Waals surface area (Å²) >= 11 is 0. The van der Waals surface area contributed by atoms with Gasteiger partial charge in [0.15, 0.2) is 12.7 Å². The molecule has 6 aromatic rings. The number of nitrogens with zero attached hydrogens (tertiary/aromatic N) is 2. The quantitative estimate of drug-likeness (QED) is 0.0526. The molecule has 0 aliphatic heterocycles. The van der Waals surface area contributed by atoms with Gasteiger partial charge in [0.1, 0.15) is 11.1 Å². The van der Waals surface area contributed by atoms with E-state index in [1.807, 2.05) is 30.3 Å². The Kier molecular flexibility index (Phi) is 15.2. The highest BCUT2D eigenvalue weighted by Gasteiger charge is 2.47. The van der Waals surface area contributed by atoms with Crippen LogP contribution < -0.4 is 26.4 Å². The molecule has 0 spiro atoms. The average Bonchev–Trinajstić information content (AvgIpc) is 3.24. The fourth-order valence-electron chi connectivity index (χ4n) is 7.62. The Morgan fingerprint density at radius 3 is 0.808 bits per heavy atom. The van der Waals surface area contributed by atoms with Gasteiger partial charge in [-0.3, -0.25) is 10.1 Å². The summed E-state index contributed by atoms with van der Waals surface area (Å²) in [6.45, 7) is 0.512. The molecule has 0 amide bonds. The second-order valence-corrected chi connectivity index (χ2v) is 15.7. The molecule has 1 heterocycles. The molecular weight excluding hydrogens is 1060 g/mol. The average molecular weight is 1080 g/mol. The summed E-state index contributed by atoms with van der Waals surface area (Å²) in [4.78, 5) is 10.4. The van der Waals surface area contributed by atoms with E-state index in [-0.39, 0.29) is 10.7 Å². The van der Waals surface area contributed by atoms with E-state index in [2.05, 4.69) is 0 Å². The maximum Gasteiger partial charge on any atom is 0.501 e. The molecule has 1 aromatic heterocycles. The van der Waals surface area contributed by atoms with Crippen LogP contribution in [0.15, 0.2) is 128 Å². The van der Waals surface area contributed by atoms with Crippen molar-refractivity contribution in [1.29, 1.82) is 0 Å². The predicted molar refractivity (Wildman–Crippen MR) is 209 cm³/mol. The van der Waals surface area contributed by atoms with Crippen molar-refractivity contribution in [2.75, 3.05) is 0 Å². The fourth-order valence-corrected chi connectivity index (χ4v) is 7.62. The molecule has 0 saturated heterocycles. The molecule has 0 fully saturated rings. The van der Waals surface area contributed by atoms with Gasteiger partial charge in [-0.15, -0.1) is 4.57 Å². The Morgan fingerprint density at radius 2 is 0.589 bits per heavy atom. The lowest BCUT2D eigenvalue weighted by molar-refractivity contribution is -0.729. The Hall–Kier alpha value is -6.97. The number of aromatic nitrogens is 1. The maximum absolute atomic E-state index is 14.2. The van der Waals surface area contributed by atoms with Crippen molar-refractivity contribution in [2.24, 2.45) is 0 Å². The van der Waals surface area contributed by atoms with Crippen LogP contribution in [-0.4, -0.2) is 11.1 Å². The Labute approximate surface area is 392 Å². The minimum absolute atomic E-state index is 0.103. The van der Waals surface area contributed by atoms with E-state index in [4.69, 9.17) is 0 Å². The highest BCUT2D eigenvalue weighted by Crippen LogP contribution is 2.41. The zero-order valence-electron chi connectivity index (χ0n) is 35.2. The summed E-state index contributed by atoms with van der Waals surface area (Å²) in [7, 11) is 0. The Bertz CT molecular complexity index is 2530. The Balaban J connectivity index is 0.000000520. The lowest BCUT2D eigenvalue weighted by Crippen LogP contribution is -2.75. The number of alkyl halides is 24. The number of rotatable bonds is 7. The van der Waals surface area contributed by atoms with Crippen LogP contribution in [0.5, 0.6) is 0 Å². The van der Waals surface area contributed by atoms with E-state index in [0.717, 1.165) is 5.56 Å². The molecule has 392 valence electrons. The first-order valence-electron chi connectivity index (χ1n) is 19.6. The summed E-state index contributed by atoms with van der Waals surface area (Å²) < 4.78 is 342. The van der Waals surface area contributed by atoms with Crippen molar-refractivity contribution in [1.82, 2.24) is 0 Å². The first-order chi connectivity index (χ1) is 33.0. The molecule has 4 nitrogen and oxygen atoms in total. The van der Waals surface area contributed by atoms with Gasteiger partial charge in [-0.05, 0) is 30.3 Å². The molecule has 0 radical (unpaired) electrons. The molecule has 0 N–H and O–H groups in total. The van der Waals surface area contributed by atoms with E-state index in [0.29, 0.717) is 6.54 Å². The second kappa shape index (κ2) is 19.5. The van der Waals surface area contributed by atoms with Gasteiger partial charge in [0, 0.05) is 11.6 Å². The van der Waals surface area contributed by atoms with Crippen molar-refractivity contribution in [3.63, 3.8) is 0 Å². The SMILES string of the molecule is FC(F)(F)c1cc([B-](c2cc(C(F)(F)F)cc(C(F)(F)F)c2)(c2cc(C(F)(F)F)cc(C(F)(F)F)c2)c2cc(C(F)(F)F)cc(C(F)(F)F)c2)cc(C(F)(F)F)c1.O=[N+]([O-])c1cccc[n+]1Cc1ccccc1. The highest BCUT2D eigenvalue weighted by atomic mass is 19.4. The van der Waals surface area contributed by atoms with Gasteiger partial charge in [-0.25, -0.2) is 0 Å². The molecule has 0 aliphatic rings. The summed E-state index contributed by atoms with van der Waals surface area (Å²) in [6, 6.07) is 5.81. The van der Waals surface area contributed by atoms with E-state index in [1.54, 1.807) is 22.9 Å². The van der Waals surface area contributed by atoms with Crippen LogP contribution >= 0.6 is 0 Å². The number of halogens is 24. The van der Waals surface area contributed by atoms with Crippen LogP contribution in [0.1, 0.15) is 50.1 Å². The van der Waals surface area contributed by atoms with Gasteiger partial charge < -0.3 is 0 Å². The van der Waals surface area contributed by atoms with Crippen molar-refractivity contribution in [3.8, 4) is 0 Å². The zero-order chi connectivity index (χ0) is 55.3. The van der Waals surface area contributed by atoms with Crippen LogP contribution in [0.25, 0.3) is 0 Å². The van der Waals surface area contributed by atoms with Crippen molar-refractivity contribution < 1.29 is 115 Å². The lowest BCUT2D eigenvalue weighted by atomic mass is 9.12. The molecular formula is C44H23BF24N2O2. The van der Waals surface area contributed by atoms with Crippen molar-refractivity contribution in [2.45, 2.75) is 56.0 Å². The monoisotopic (exact) mass is 1080 g/mol. The molecule has 0 aliphatic carbocycles. The van der Waals surface area contributed by atoms with Crippen molar-refractivity contribution >= 4 is 33.8 Å². The topological polar surface area (TPSA) is 47.0 Å². The third-order valence-electron chi connectivity index (χ3n) is 10.7. The van der Waals surface area contributed by atoms with Crippen LogP contribution in [0.4, 0.5) is 111 Å². The molecule has 0 saturated carbocycles. The first kappa shape index (κ1) is 56.9. The molecule has 6 rings (SSSR count). The molecule has 0 bridgehead atoms. The van der Waals surface area contributed by atoms with E-state index in [9.17, 15) is 115 Å². The minimum Gasteiger partial charge on any atom is -0.253 e. The third-order valence-corrected chi connectivity index (χ3v) is 10.7. The molecule has 29 heteroatoms. The van der Waals surface area contributed by atoms with Gasteiger partial charge in [0.05, 0.1) is 50.6 Å². The summed E-state index contributed by atoms with van der Waals surface area (Å²) in [5, 5.41) is 10.8. The highest BCUT2D eigenvalue weighted by molar-refractivity contribution is 7.20. The number of benzene rings is 5. The van der Waals surface area contributed by atoms with Crippen LogP contribution in [0.3, 0.4) is 0 Å². The maximum atomic E-state index is 14.2. The van der Waals surface area contributed by atoms with Gasteiger partial charge in [0.25, 0.3) is 0 Å². The molecule has 0 atom stereocenters. The lowest BCUT2D eigenvalue weighted by Gasteiger charge is -2.46. The van der Waals surface area contributed by atoms with Gasteiger partial charge in [0.2, 0.25) is 0 Å². The molecule has 0 unspecified atom stereocenters. The zero-order valence-corrected chi connectivity index (χ0v) is 35.2. The fraction of sp³-hybridized carbons (Fsp3) is 0.205. The van der Waals surface area contributed by atoms with E-state index < -0.39 is 195 Å². The summed E-state index contributed by atoms with van der Waals surface area (Å²) in [5.41, 5.74) is -29.2. The Morgan fingerprint density at radius 1 is 0.356 bits per heavy atom. The third kappa shape index (κ3) is 13.2. The minimum atomic E-state index is -6.13. The van der Waals surface area contributed by atoms with E-state index in [1.165, 1.54) is 6.07 Å². The molecule has 5 aromatic carbocycles. The van der Waals surface area contributed by atoms with Gasteiger partial charge in [-0.1, -0.05) is 78.9 Å². The molecule has 73 heavy (non-hydrogen) atoms. The van der Waals surface area contributed by atoms with Gasteiger partial charge in [-0.2, -0.15) is 127 Å². The van der Waals surface area contributed by atoms with Crippen LogP contribution in [0.2, 0.25) is 0 Å². The first-order valence-corrected chi connectivity index (χ1v) is 19.6. The van der Waals surface area contributed by atoms with E-state index >= 15 is 0 Å². The predicted octanol–water partition coefficient (Wildman–Crippen LogP) is 13.1. The number of pyridine rings is 1. The summed E-state index contributed by atoms with van der Waals surface area (Å²) in [5.74, 6) is 0.103. The number of hydrogen-bond donors (Lipinski definition) is 0. The standard InChI is InChI=1S/C32H12BF24.C12H11N2O2/c34-25(35,36)13-1-14(26(37,38)39)6-21(5-13)33(22-7-15(27(40,41)42)2-16(8-22)28(43,44)45,23-9-17(29(46,47)48)3-18(10-23)30(49,50)51)24-11-19(31(52,53)54)4-20(12-24)32(55,56)57;15-14(16)12-8-4-5-9-13(12)10-11-6-2-1-3-7-11/h1-12H;1-9H,10H2/q-1;+1.